The van der Waals surface area contributed by atoms with Crippen LogP contribution in [0.15, 0.2) is 54.6 Å². The minimum absolute atomic E-state index is 0.0449. The largest absolute Gasteiger partial charge is 0.461 e. The van der Waals surface area contributed by atoms with E-state index in [-0.39, 0.29) is 24.5 Å². The number of nitrogens with zero attached hydrogens (tertiary/aromatic N) is 1. The topological polar surface area (TPSA) is 55.8 Å². The van der Waals surface area contributed by atoms with Crippen molar-refractivity contribution in [2.24, 2.45) is 5.41 Å². The van der Waals surface area contributed by atoms with Crippen molar-refractivity contribution in [1.82, 2.24) is 4.90 Å². The Morgan fingerprint density at radius 1 is 0.909 bits per heavy atom. The summed E-state index contributed by atoms with van der Waals surface area (Å²) < 4.78 is 10.9. The third-order valence-electron chi connectivity index (χ3n) is 6.18. The fraction of sp³-hybridized carbons (Fsp3) is 0.500. The summed E-state index contributed by atoms with van der Waals surface area (Å²) in [6, 6.07) is 18.0. The number of hydrogen-bond acceptors (Lipinski definition) is 5. The SMILES string of the molecule is CC(=O)OCc1ccc([C@@H](CCN(C(C)C)C(C)C)C(C)(C)C(=O)Oc2ccccc2)cc1. The molecular formula is C28H39NO4. The summed E-state index contributed by atoms with van der Waals surface area (Å²) in [5, 5.41) is 0. The predicted octanol–water partition coefficient (Wildman–Crippen LogP) is 5.97. The zero-order valence-electron chi connectivity index (χ0n) is 21.1. The molecule has 5 nitrogen and oxygen atoms in total. The van der Waals surface area contributed by atoms with Gasteiger partial charge in [0.25, 0.3) is 0 Å². The molecular weight excluding hydrogens is 414 g/mol. The Kier molecular flexibility index (Phi) is 9.66. The molecule has 0 bridgehead atoms. The second kappa shape index (κ2) is 12.0. The van der Waals surface area contributed by atoms with Gasteiger partial charge in [-0.05, 0) is 77.8 Å². The summed E-state index contributed by atoms with van der Waals surface area (Å²) in [4.78, 5) is 26.9. The van der Waals surface area contributed by atoms with Gasteiger partial charge >= 0.3 is 11.9 Å². The molecule has 0 N–H and O–H groups in total. The molecule has 0 spiro atoms. The second-order valence-corrected chi connectivity index (χ2v) is 9.71. The maximum atomic E-state index is 13.3. The van der Waals surface area contributed by atoms with E-state index in [9.17, 15) is 9.59 Å². The first-order chi connectivity index (χ1) is 15.5. The number of rotatable bonds is 11. The van der Waals surface area contributed by atoms with Gasteiger partial charge in [-0.1, -0.05) is 42.5 Å². The number of esters is 2. The Morgan fingerprint density at radius 2 is 1.48 bits per heavy atom. The van der Waals surface area contributed by atoms with E-state index in [1.165, 1.54) is 6.92 Å². The molecule has 0 unspecified atom stereocenters. The minimum Gasteiger partial charge on any atom is -0.461 e. The normalized spacial score (nSPS) is 12.8. The van der Waals surface area contributed by atoms with Crippen molar-refractivity contribution in [1.29, 1.82) is 0 Å². The van der Waals surface area contributed by atoms with E-state index in [4.69, 9.17) is 9.47 Å². The molecule has 1 atom stereocenters. The average Bonchev–Trinajstić information content (AvgIpc) is 2.75. The van der Waals surface area contributed by atoms with Crippen molar-refractivity contribution in [2.75, 3.05) is 6.54 Å². The zero-order valence-corrected chi connectivity index (χ0v) is 21.1. The molecule has 0 aliphatic heterocycles. The third-order valence-corrected chi connectivity index (χ3v) is 6.18. The lowest BCUT2D eigenvalue weighted by Gasteiger charge is -2.36. The molecule has 2 aromatic carbocycles. The number of para-hydroxylation sites is 1. The predicted molar refractivity (Wildman–Crippen MR) is 132 cm³/mol. The third kappa shape index (κ3) is 7.71. The molecule has 0 amide bonds. The number of hydrogen-bond donors (Lipinski definition) is 0. The Morgan fingerprint density at radius 3 is 2.00 bits per heavy atom. The van der Waals surface area contributed by atoms with E-state index in [1.807, 2.05) is 56.3 Å². The van der Waals surface area contributed by atoms with E-state index in [0.29, 0.717) is 17.8 Å². The van der Waals surface area contributed by atoms with Gasteiger partial charge in [-0.3, -0.25) is 14.5 Å². The van der Waals surface area contributed by atoms with Crippen LogP contribution in [0.25, 0.3) is 0 Å². The minimum atomic E-state index is -0.743. The van der Waals surface area contributed by atoms with Crippen molar-refractivity contribution >= 4 is 11.9 Å². The smallest absolute Gasteiger partial charge is 0.317 e. The van der Waals surface area contributed by atoms with Crippen LogP contribution in [-0.4, -0.2) is 35.5 Å². The van der Waals surface area contributed by atoms with Gasteiger partial charge in [0, 0.05) is 24.9 Å². The van der Waals surface area contributed by atoms with Gasteiger partial charge in [-0.25, -0.2) is 0 Å². The second-order valence-electron chi connectivity index (χ2n) is 9.71. The van der Waals surface area contributed by atoms with Gasteiger partial charge < -0.3 is 9.47 Å². The van der Waals surface area contributed by atoms with Gasteiger partial charge in [-0.15, -0.1) is 0 Å². The van der Waals surface area contributed by atoms with Crippen molar-refractivity contribution < 1.29 is 19.1 Å². The highest BCUT2D eigenvalue weighted by molar-refractivity contribution is 5.79. The van der Waals surface area contributed by atoms with Crippen LogP contribution in [0, 0.1) is 5.41 Å². The lowest BCUT2D eigenvalue weighted by atomic mass is 9.72. The number of carbonyl (C=O) groups excluding carboxylic acids is 2. The Labute approximate surface area is 199 Å². The molecule has 0 fully saturated rings. The maximum Gasteiger partial charge on any atom is 0.317 e. The fourth-order valence-electron chi connectivity index (χ4n) is 4.24. The first-order valence-corrected chi connectivity index (χ1v) is 11.8. The fourth-order valence-corrected chi connectivity index (χ4v) is 4.24. The Hall–Kier alpha value is -2.66. The van der Waals surface area contributed by atoms with Crippen LogP contribution in [0.4, 0.5) is 0 Å². The van der Waals surface area contributed by atoms with Crippen LogP contribution in [0.3, 0.4) is 0 Å². The average molecular weight is 454 g/mol. The van der Waals surface area contributed by atoms with Gasteiger partial charge in [0.05, 0.1) is 5.41 Å². The molecule has 0 aliphatic rings. The van der Waals surface area contributed by atoms with E-state index in [2.05, 4.69) is 32.6 Å². The van der Waals surface area contributed by atoms with Crippen molar-refractivity contribution in [3.63, 3.8) is 0 Å². The van der Waals surface area contributed by atoms with Crippen LogP contribution < -0.4 is 4.74 Å². The van der Waals surface area contributed by atoms with Crippen molar-refractivity contribution in [3.8, 4) is 5.75 Å². The van der Waals surface area contributed by atoms with E-state index in [0.717, 1.165) is 24.1 Å². The van der Waals surface area contributed by atoms with E-state index in [1.54, 1.807) is 12.1 Å². The quantitative estimate of drug-likeness (QED) is 0.310. The van der Waals surface area contributed by atoms with Crippen molar-refractivity contribution in [2.45, 2.75) is 79.5 Å². The molecule has 0 saturated heterocycles. The Bertz CT molecular complexity index is 880. The van der Waals surface area contributed by atoms with Crippen LogP contribution in [-0.2, 0) is 20.9 Å². The van der Waals surface area contributed by atoms with Crippen LogP contribution in [0.1, 0.15) is 71.9 Å². The number of carbonyl (C=O) groups is 2. The number of ether oxygens (including phenoxy) is 2. The molecule has 180 valence electrons. The maximum absolute atomic E-state index is 13.3. The van der Waals surface area contributed by atoms with Crippen molar-refractivity contribution in [3.05, 3.63) is 65.7 Å². The molecule has 5 heteroatoms. The number of benzene rings is 2. The first kappa shape index (κ1) is 26.6. The molecule has 2 aromatic rings. The summed E-state index contributed by atoms with van der Waals surface area (Å²) in [5.41, 5.74) is 1.25. The standard InChI is InChI=1S/C28H39NO4/c1-20(2)29(21(3)4)18-17-26(24-15-13-23(14-16-24)19-32-22(5)30)28(6,7)27(31)33-25-11-9-8-10-12-25/h8-16,20-21,26H,17-19H2,1-7H3/t26-/m1/s1. The highest BCUT2D eigenvalue weighted by atomic mass is 16.5. The van der Waals surface area contributed by atoms with Crippen LogP contribution in [0.2, 0.25) is 0 Å². The summed E-state index contributed by atoms with van der Waals surface area (Å²) in [6.07, 6.45) is 0.816. The lowest BCUT2D eigenvalue weighted by molar-refractivity contribution is -0.145. The summed E-state index contributed by atoms with van der Waals surface area (Å²) in [5.74, 6) is -0.0407. The molecule has 33 heavy (non-hydrogen) atoms. The highest BCUT2D eigenvalue weighted by Crippen LogP contribution is 2.40. The summed E-state index contributed by atoms with van der Waals surface area (Å²) >= 11 is 0. The van der Waals surface area contributed by atoms with E-state index < -0.39 is 5.41 Å². The monoisotopic (exact) mass is 453 g/mol. The van der Waals surface area contributed by atoms with Gasteiger partial charge in [-0.2, -0.15) is 0 Å². The molecule has 0 aliphatic carbocycles. The molecule has 0 saturated carbocycles. The van der Waals surface area contributed by atoms with Crippen LogP contribution in [0.5, 0.6) is 5.75 Å². The molecule has 0 heterocycles. The van der Waals surface area contributed by atoms with E-state index >= 15 is 0 Å². The summed E-state index contributed by atoms with van der Waals surface area (Å²) in [6.45, 7) is 15.3. The van der Waals surface area contributed by atoms with Gasteiger partial charge in [0.15, 0.2) is 0 Å². The van der Waals surface area contributed by atoms with Gasteiger partial charge in [0.2, 0.25) is 0 Å². The zero-order chi connectivity index (χ0) is 24.6. The molecule has 0 radical (unpaired) electrons. The Balaban J connectivity index is 2.30. The molecule has 2 rings (SSSR count). The lowest BCUT2D eigenvalue weighted by Crippen LogP contribution is -2.41. The van der Waals surface area contributed by atoms with Crippen LogP contribution >= 0.6 is 0 Å². The van der Waals surface area contributed by atoms with Gasteiger partial charge in [0.1, 0.15) is 12.4 Å². The summed E-state index contributed by atoms with van der Waals surface area (Å²) in [7, 11) is 0. The first-order valence-electron chi connectivity index (χ1n) is 11.8. The molecule has 0 aromatic heterocycles. The highest BCUT2D eigenvalue weighted by Gasteiger charge is 2.39.